The van der Waals surface area contributed by atoms with E-state index in [0.29, 0.717) is 5.75 Å². The number of halogens is 1. The molecule has 0 bridgehead atoms. The quantitative estimate of drug-likeness (QED) is 0.444. The van der Waals surface area contributed by atoms with Crippen molar-refractivity contribution in [2.75, 3.05) is 11.5 Å². The van der Waals surface area contributed by atoms with Gasteiger partial charge in [-0.3, -0.25) is 4.79 Å². The van der Waals surface area contributed by atoms with Crippen molar-refractivity contribution in [2.24, 2.45) is 0 Å². The second kappa shape index (κ2) is 4.95. The summed E-state index contributed by atoms with van der Waals surface area (Å²) in [7, 11) is 0. The molecule has 0 aliphatic rings. The van der Waals surface area contributed by atoms with Gasteiger partial charge in [-0.1, -0.05) is 0 Å². The van der Waals surface area contributed by atoms with E-state index in [4.69, 9.17) is 16.9 Å². The largest absolute Gasteiger partial charge is 0.280 e. The van der Waals surface area contributed by atoms with Crippen molar-refractivity contribution in [3.05, 3.63) is 0 Å². The molecule has 0 unspecified atom stereocenters. The standard InChI is InChI=1S/C4H4ClNOS/c5-4(7)3-8-2-1-6/h2-3H2. The summed E-state index contributed by atoms with van der Waals surface area (Å²) in [5.41, 5.74) is 0. The first kappa shape index (κ1) is 7.80. The number of hydrogen-bond acceptors (Lipinski definition) is 3. The van der Waals surface area contributed by atoms with Gasteiger partial charge in [0.25, 0.3) is 0 Å². The molecule has 0 aliphatic carbocycles. The minimum atomic E-state index is -0.398. The van der Waals surface area contributed by atoms with Crippen molar-refractivity contribution in [3.63, 3.8) is 0 Å². The Morgan fingerprint density at radius 3 is 2.88 bits per heavy atom. The van der Waals surface area contributed by atoms with Gasteiger partial charge in [-0.05, 0) is 11.6 Å². The first-order chi connectivity index (χ1) is 3.77. The molecule has 8 heavy (non-hydrogen) atoms. The molecule has 0 N–H and O–H groups in total. The van der Waals surface area contributed by atoms with E-state index in [1.54, 1.807) is 0 Å². The van der Waals surface area contributed by atoms with Crippen LogP contribution in [0.5, 0.6) is 0 Å². The third-order valence-electron chi connectivity index (χ3n) is 0.382. The first-order valence-electron chi connectivity index (χ1n) is 1.90. The monoisotopic (exact) mass is 149 g/mol. The fourth-order valence-electron chi connectivity index (χ4n) is 0.177. The van der Waals surface area contributed by atoms with Gasteiger partial charge in [0, 0.05) is 0 Å². The molecular weight excluding hydrogens is 146 g/mol. The Labute approximate surface area is 56.8 Å². The second-order valence-electron chi connectivity index (χ2n) is 1.01. The van der Waals surface area contributed by atoms with E-state index < -0.39 is 5.24 Å². The third-order valence-corrected chi connectivity index (χ3v) is 1.47. The molecule has 0 saturated heterocycles. The molecule has 0 rings (SSSR count). The number of carbonyl (C=O) groups excluding carboxylic acids is 1. The molecule has 4 heteroatoms. The second-order valence-corrected chi connectivity index (χ2v) is 2.41. The van der Waals surface area contributed by atoms with Gasteiger partial charge in [-0.2, -0.15) is 5.26 Å². The highest BCUT2D eigenvalue weighted by molar-refractivity contribution is 8.00. The molecule has 0 aromatic carbocycles. The predicted molar refractivity (Wildman–Crippen MR) is 33.8 cm³/mol. The smallest absolute Gasteiger partial charge is 0.231 e. The van der Waals surface area contributed by atoms with Crippen LogP contribution in [0.3, 0.4) is 0 Å². The molecular formula is C4H4ClNOS. The summed E-state index contributed by atoms with van der Waals surface area (Å²) in [5.74, 6) is 0.563. The lowest BCUT2D eigenvalue weighted by Crippen LogP contribution is -1.89. The zero-order valence-corrected chi connectivity index (χ0v) is 5.63. The van der Waals surface area contributed by atoms with E-state index >= 15 is 0 Å². The summed E-state index contributed by atoms with van der Waals surface area (Å²) in [4.78, 5) is 9.95. The van der Waals surface area contributed by atoms with Crippen molar-refractivity contribution < 1.29 is 4.79 Å². The fourth-order valence-corrected chi connectivity index (χ4v) is 0.762. The van der Waals surface area contributed by atoms with Gasteiger partial charge in [0.15, 0.2) is 0 Å². The van der Waals surface area contributed by atoms with E-state index in [9.17, 15) is 4.79 Å². The Hall–Kier alpha value is -0.200. The van der Waals surface area contributed by atoms with Gasteiger partial charge in [0.05, 0.1) is 17.6 Å². The van der Waals surface area contributed by atoms with Crippen LogP contribution in [0, 0.1) is 11.3 Å². The number of carbonyl (C=O) groups is 1. The Morgan fingerprint density at radius 1 is 1.88 bits per heavy atom. The van der Waals surface area contributed by atoms with Gasteiger partial charge in [0.1, 0.15) is 0 Å². The van der Waals surface area contributed by atoms with E-state index in [1.165, 1.54) is 11.8 Å². The van der Waals surface area contributed by atoms with Crippen LogP contribution < -0.4 is 0 Å². The molecule has 2 nitrogen and oxygen atoms in total. The maximum Gasteiger partial charge on any atom is 0.231 e. The molecule has 0 atom stereocenters. The van der Waals surface area contributed by atoms with Gasteiger partial charge in [-0.25, -0.2) is 0 Å². The molecule has 0 spiro atoms. The summed E-state index contributed by atoms with van der Waals surface area (Å²) in [6, 6.07) is 1.88. The highest BCUT2D eigenvalue weighted by Gasteiger charge is 1.92. The number of rotatable bonds is 3. The topological polar surface area (TPSA) is 40.9 Å². The summed E-state index contributed by atoms with van der Waals surface area (Å²) in [6.07, 6.45) is 0. The average molecular weight is 150 g/mol. The lowest BCUT2D eigenvalue weighted by molar-refractivity contribution is -0.109. The van der Waals surface area contributed by atoms with Crippen LogP contribution in [0.15, 0.2) is 0 Å². The summed E-state index contributed by atoms with van der Waals surface area (Å²) in [5, 5.41) is 7.56. The van der Waals surface area contributed by atoms with Crippen LogP contribution in [0.1, 0.15) is 0 Å². The number of hydrogen-bond donors (Lipinski definition) is 0. The SMILES string of the molecule is N#CCSCC(=O)Cl. The minimum absolute atomic E-state index is 0.231. The average Bonchev–Trinajstić information content (AvgIpc) is 1.66. The molecule has 0 aromatic heterocycles. The summed E-state index contributed by atoms with van der Waals surface area (Å²) in [6.45, 7) is 0. The molecule has 0 aromatic rings. The third kappa shape index (κ3) is 5.80. The Bertz CT molecular complexity index is 120. The Morgan fingerprint density at radius 2 is 2.50 bits per heavy atom. The van der Waals surface area contributed by atoms with Crippen molar-refractivity contribution in [2.45, 2.75) is 0 Å². The van der Waals surface area contributed by atoms with Gasteiger partial charge >= 0.3 is 0 Å². The Kier molecular flexibility index (Phi) is 4.82. The Balaban J connectivity index is 2.97. The molecule has 0 aliphatic heterocycles. The van der Waals surface area contributed by atoms with E-state index in [0.717, 1.165) is 0 Å². The van der Waals surface area contributed by atoms with Crippen LogP contribution in [-0.2, 0) is 4.79 Å². The lowest BCUT2D eigenvalue weighted by atomic mass is 10.9. The molecule has 0 fully saturated rings. The van der Waals surface area contributed by atoms with Crippen LogP contribution in [0.2, 0.25) is 0 Å². The molecule has 0 radical (unpaired) electrons. The van der Waals surface area contributed by atoms with Gasteiger partial charge in [0.2, 0.25) is 5.24 Å². The number of thioether (sulfide) groups is 1. The van der Waals surface area contributed by atoms with E-state index in [2.05, 4.69) is 0 Å². The molecule has 0 saturated carbocycles. The number of nitriles is 1. The van der Waals surface area contributed by atoms with Crippen LogP contribution in [0.25, 0.3) is 0 Å². The first-order valence-corrected chi connectivity index (χ1v) is 3.43. The summed E-state index contributed by atoms with van der Waals surface area (Å²) < 4.78 is 0. The normalized spacial score (nSPS) is 8.00. The van der Waals surface area contributed by atoms with Crippen molar-refractivity contribution in [1.82, 2.24) is 0 Å². The zero-order valence-electron chi connectivity index (χ0n) is 4.06. The van der Waals surface area contributed by atoms with Gasteiger partial charge < -0.3 is 0 Å². The molecule has 0 amide bonds. The van der Waals surface area contributed by atoms with E-state index in [1.807, 2.05) is 6.07 Å². The highest BCUT2D eigenvalue weighted by Crippen LogP contribution is 1.99. The maximum absolute atomic E-state index is 9.95. The lowest BCUT2D eigenvalue weighted by Gasteiger charge is -1.83. The van der Waals surface area contributed by atoms with Crippen molar-refractivity contribution in [3.8, 4) is 6.07 Å². The van der Waals surface area contributed by atoms with Crippen LogP contribution in [0.4, 0.5) is 0 Å². The molecule has 44 valence electrons. The van der Waals surface area contributed by atoms with Crippen molar-refractivity contribution >= 4 is 28.6 Å². The van der Waals surface area contributed by atoms with E-state index in [-0.39, 0.29) is 5.75 Å². The fraction of sp³-hybridized carbons (Fsp3) is 0.500. The maximum atomic E-state index is 9.95. The highest BCUT2D eigenvalue weighted by atomic mass is 35.5. The van der Waals surface area contributed by atoms with Crippen LogP contribution >= 0.6 is 23.4 Å². The minimum Gasteiger partial charge on any atom is -0.280 e. The zero-order chi connectivity index (χ0) is 6.41. The summed E-state index contributed by atoms with van der Waals surface area (Å²) >= 11 is 6.16. The van der Waals surface area contributed by atoms with Crippen molar-refractivity contribution in [1.29, 1.82) is 5.26 Å². The van der Waals surface area contributed by atoms with Crippen LogP contribution in [-0.4, -0.2) is 16.7 Å². The van der Waals surface area contributed by atoms with Gasteiger partial charge in [-0.15, -0.1) is 11.8 Å². The molecule has 0 heterocycles. The number of nitrogens with zero attached hydrogens (tertiary/aromatic N) is 1. The predicted octanol–water partition coefficient (Wildman–Crippen LogP) is 1.01.